The Bertz CT molecular complexity index is 1210. The van der Waals surface area contributed by atoms with Gasteiger partial charge in [-0.1, -0.05) is 11.6 Å². The van der Waals surface area contributed by atoms with Crippen LogP contribution in [0.25, 0.3) is 0 Å². The standard InChI is InChI=1S/C23H24ClFN2O6/c1-26-11-23(8-13(23)10-32-2)27-9-15(20(29)21(30)19(27)22(26)31)17(28)5-4-12-6-14(33-3)7-16(24)18(12)25/h6-7,9,13,30H,4-5,8,10-11H2,1-3H3/t13-,23-/m1/s1. The number of amides is 1. The zero-order chi connectivity index (χ0) is 24.1. The van der Waals surface area contributed by atoms with Gasteiger partial charge in [0.15, 0.2) is 17.2 Å². The number of ether oxygens (including phenoxy) is 2. The smallest absolute Gasteiger partial charge is 0.274 e. The van der Waals surface area contributed by atoms with Gasteiger partial charge < -0.3 is 24.0 Å². The first-order valence-corrected chi connectivity index (χ1v) is 10.8. The molecule has 0 radical (unpaired) electrons. The molecule has 1 spiro atoms. The van der Waals surface area contributed by atoms with E-state index in [0.29, 0.717) is 25.3 Å². The summed E-state index contributed by atoms with van der Waals surface area (Å²) in [5.74, 6) is -2.08. The predicted molar refractivity (Wildman–Crippen MR) is 118 cm³/mol. The molecule has 2 heterocycles. The lowest BCUT2D eigenvalue weighted by Crippen LogP contribution is -2.48. The van der Waals surface area contributed by atoms with Crippen molar-refractivity contribution in [3.05, 3.63) is 56.2 Å². The highest BCUT2D eigenvalue weighted by Gasteiger charge is 2.60. The van der Waals surface area contributed by atoms with Gasteiger partial charge in [0, 0.05) is 45.3 Å². The summed E-state index contributed by atoms with van der Waals surface area (Å²) < 4.78 is 26.3. The van der Waals surface area contributed by atoms with Gasteiger partial charge in [-0.05, 0) is 24.5 Å². The summed E-state index contributed by atoms with van der Waals surface area (Å²) in [6, 6.07) is 2.77. The fraction of sp³-hybridized carbons (Fsp3) is 0.435. The van der Waals surface area contributed by atoms with E-state index >= 15 is 0 Å². The van der Waals surface area contributed by atoms with Crippen LogP contribution in [0.5, 0.6) is 11.5 Å². The Balaban J connectivity index is 1.69. The second-order valence-corrected chi connectivity index (χ2v) is 8.97. The van der Waals surface area contributed by atoms with E-state index in [2.05, 4.69) is 0 Å². The summed E-state index contributed by atoms with van der Waals surface area (Å²) in [6.45, 7) is 0.809. The summed E-state index contributed by atoms with van der Waals surface area (Å²) in [5, 5.41) is 10.5. The minimum absolute atomic E-state index is 0.0251. The number of halogens is 2. The normalized spacial score (nSPS) is 21.3. The maximum Gasteiger partial charge on any atom is 0.274 e. The van der Waals surface area contributed by atoms with Gasteiger partial charge in [0.05, 0.1) is 29.8 Å². The molecule has 8 nitrogen and oxygen atoms in total. The fourth-order valence-corrected chi connectivity index (χ4v) is 4.90. The third kappa shape index (κ3) is 3.79. The molecule has 4 rings (SSSR count). The Kier molecular flexibility index (Phi) is 5.96. The molecule has 1 aromatic heterocycles. The van der Waals surface area contributed by atoms with Gasteiger partial charge in [-0.2, -0.15) is 0 Å². The molecule has 176 valence electrons. The van der Waals surface area contributed by atoms with E-state index in [4.69, 9.17) is 21.1 Å². The first-order chi connectivity index (χ1) is 15.6. The molecule has 1 saturated carbocycles. The molecule has 1 aliphatic carbocycles. The van der Waals surface area contributed by atoms with Crippen molar-refractivity contribution in [2.24, 2.45) is 5.92 Å². The van der Waals surface area contributed by atoms with Crippen molar-refractivity contribution in [1.29, 1.82) is 0 Å². The molecular formula is C23H24ClFN2O6. The maximum atomic E-state index is 14.4. The van der Waals surface area contributed by atoms with Gasteiger partial charge in [-0.3, -0.25) is 14.4 Å². The third-order valence-corrected chi connectivity index (χ3v) is 6.80. The number of hydrogen-bond donors (Lipinski definition) is 1. The van der Waals surface area contributed by atoms with Crippen molar-refractivity contribution in [2.75, 3.05) is 34.4 Å². The molecule has 1 fully saturated rings. The van der Waals surface area contributed by atoms with Crippen molar-refractivity contribution in [1.82, 2.24) is 9.47 Å². The van der Waals surface area contributed by atoms with Crippen LogP contribution in [0.4, 0.5) is 4.39 Å². The number of rotatable bonds is 7. The highest BCUT2D eigenvalue weighted by atomic mass is 35.5. The predicted octanol–water partition coefficient (Wildman–Crippen LogP) is 2.62. The molecule has 2 atom stereocenters. The monoisotopic (exact) mass is 478 g/mol. The maximum absolute atomic E-state index is 14.4. The number of methoxy groups -OCH3 is 2. The molecule has 1 N–H and O–H groups in total. The molecule has 10 heteroatoms. The highest BCUT2D eigenvalue weighted by Crippen LogP contribution is 2.53. The SMILES string of the molecule is COC[C@H]1C[C@@]12CN(C)C(=O)c1c(O)c(=O)c(C(=O)CCc3cc(OC)cc(Cl)c3F)cn12. The van der Waals surface area contributed by atoms with Crippen LogP contribution in [-0.2, 0) is 16.7 Å². The topological polar surface area (TPSA) is 98.1 Å². The second kappa shape index (κ2) is 8.46. The molecule has 0 unspecified atom stereocenters. The van der Waals surface area contributed by atoms with Gasteiger partial charge in [0.1, 0.15) is 11.6 Å². The van der Waals surface area contributed by atoms with E-state index < -0.39 is 34.2 Å². The zero-order valence-electron chi connectivity index (χ0n) is 18.5. The van der Waals surface area contributed by atoms with Crippen molar-refractivity contribution < 1.29 is 28.6 Å². The fourth-order valence-electron chi connectivity index (χ4n) is 4.67. The van der Waals surface area contributed by atoms with E-state index in [1.165, 1.54) is 30.3 Å². The van der Waals surface area contributed by atoms with Gasteiger partial charge in [-0.25, -0.2) is 4.39 Å². The van der Waals surface area contributed by atoms with Crippen molar-refractivity contribution in [3.63, 3.8) is 0 Å². The largest absolute Gasteiger partial charge is 0.503 e. The van der Waals surface area contributed by atoms with Crippen LogP contribution in [0.15, 0.2) is 23.1 Å². The molecule has 1 aromatic carbocycles. The summed E-state index contributed by atoms with van der Waals surface area (Å²) in [7, 11) is 4.59. The quantitative estimate of drug-likeness (QED) is 0.614. The number of aromatic hydroxyl groups is 1. The van der Waals surface area contributed by atoms with E-state index in [1.54, 1.807) is 18.7 Å². The number of pyridine rings is 1. The van der Waals surface area contributed by atoms with Gasteiger partial charge >= 0.3 is 0 Å². The van der Waals surface area contributed by atoms with Gasteiger partial charge in [0.25, 0.3) is 5.91 Å². The molecule has 2 aliphatic rings. The first kappa shape index (κ1) is 23.3. The van der Waals surface area contributed by atoms with Crippen LogP contribution in [0.2, 0.25) is 5.02 Å². The number of aromatic nitrogens is 1. The van der Waals surface area contributed by atoms with Crippen LogP contribution in [-0.4, -0.2) is 60.7 Å². The van der Waals surface area contributed by atoms with Crippen LogP contribution < -0.4 is 10.2 Å². The number of carbonyl (C=O) groups is 2. The summed E-state index contributed by atoms with van der Waals surface area (Å²) in [5.41, 5.74) is -1.68. The number of aryl methyl sites for hydroxylation is 1. The number of hydrogen-bond acceptors (Lipinski definition) is 6. The summed E-state index contributed by atoms with van der Waals surface area (Å²) in [6.07, 6.45) is 1.81. The number of Topliss-reactive ketones (excluding diaryl/α,β-unsaturated/α-hetero) is 1. The lowest BCUT2D eigenvalue weighted by Gasteiger charge is -2.35. The van der Waals surface area contributed by atoms with Gasteiger partial charge in [0.2, 0.25) is 5.43 Å². The molecule has 0 bridgehead atoms. The van der Waals surface area contributed by atoms with Crippen LogP contribution in [0.3, 0.4) is 0 Å². The van der Waals surface area contributed by atoms with Crippen molar-refractivity contribution >= 4 is 23.3 Å². The number of ketones is 1. The minimum Gasteiger partial charge on any atom is -0.503 e. The Hall–Kier alpha value is -2.91. The molecular weight excluding hydrogens is 455 g/mol. The highest BCUT2D eigenvalue weighted by molar-refractivity contribution is 6.31. The van der Waals surface area contributed by atoms with Crippen molar-refractivity contribution in [3.8, 4) is 11.5 Å². The van der Waals surface area contributed by atoms with E-state index in [9.17, 15) is 23.9 Å². The van der Waals surface area contributed by atoms with Gasteiger partial charge in [-0.15, -0.1) is 0 Å². The first-order valence-electron chi connectivity index (χ1n) is 10.4. The molecule has 2 aromatic rings. The summed E-state index contributed by atoms with van der Waals surface area (Å²) >= 11 is 5.89. The van der Waals surface area contributed by atoms with E-state index in [0.717, 1.165) is 0 Å². The van der Waals surface area contributed by atoms with Crippen molar-refractivity contribution in [2.45, 2.75) is 24.8 Å². The summed E-state index contributed by atoms with van der Waals surface area (Å²) in [4.78, 5) is 40.0. The van der Waals surface area contributed by atoms with E-state index in [1.807, 2.05) is 0 Å². The number of fused-ring (bicyclic) bond motifs is 2. The van der Waals surface area contributed by atoms with Crippen LogP contribution in [0, 0.1) is 11.7 Å². The molecule has 0 saturated heterocycles. The average molecular weight is 479 g/mol. The minimum atomic E-state index is -0.918. The Morgan fingerprint density at radius 3 is 2.73 bits per heavy atom. The van der Waals surface area contributed by atoms with Crippen LogP contribution in [0.1, 0.15) is 39.3 Å². The average Bonchev–Trinajstić information content (AvgIpc) is 3.47. The Morgan fingerprint density at radius 2 is 2.06 bits per heavy atom. The number of nitrogens with zero attached hydrogens (tertiary/aromatic N) is 2. The second-order valence-electron chi connectivity index (χ2n) is 8.57. The van der Waals surface area contributed by atoms with E-state index in [-0.39, 0.29) is 40.6 Å². The molecule has 33 heavy (non-hydrogen) atoms. The lowest BCUT2D eigenvalue weighted by molar-refractivity contribution is 0.0664. The van der Waals surface area contributed by atoms with Crippen LogP contribution >= 0.6 is 11.6 Å². The zero-order valence-corrected chi connectivity index (χ0v) is 19.2. The Morgan fingerprint density at radius 1 is 1.33 bits per heavy atom. The molecule has 1 aliphatic heterocycles. The third-order valence-electron chi connectivity index (χ3n) is 6.53. The molecule has 1 amide bonds. The number of likely N-dealkylation sites (N-methyl/N-ethyl adjacent to an activating group) is 1. The number of carbonyl (C=O) groups excluding carboxylic acids is 2. The number of benzene rings is 1. The Labute approximate surface area is 194 Å². The lowest BCUT2D eigenvalue weighted by atomic mass is 10.00.